The molecule has 0 atom stereocenters. The summed E-state index contributed by atoms with van der Waals surface area (Å²) in [7, 11) is 0. The molecule has 2 aliphatic heterocycles. The van der Waals surface area contributed by atoms with Gasteiger partial charge < -0.3 is 42.8 Å². The molecule has 0 bridgehead atoms. The van der Waals surface area contributed by atoms with Gasteiger partial charge in [0, 0.05) is 139 Å². The molecule has 13 heteroatoms. The van der Waals surface area contributed by atoms with E-state index in [9.17, 15) is 0 Å². The van der Waals surface area contributed by atoms with E-state index >= 15 is 0 Å². The fraction of sp³-hybridized carbons (Fsp3) is 0.143. The number of nitrogens with zero attached hydrogens (tertiary/aromatic N) is 9. The molecule has 0 spiro atoms. The Balaban J connectivity index is 0.000000167. The van der Waals surface area contributed by atoms with Gasteiger partial charge in [-0.1, -0.05) is 287 Å². The first-order valence-corrected chi connectivity index (χ1v) is 42.2. The molecule has 0 radical (unpaired) electrons. The summed E-state index contributed by atoms with van der Waals surface area (Å²) in [5, 5.41) is 6.83. The van der Waals surface area contributed by atoms with Crippen LogP contribution >= 0.6 is 0 Å². The third-order valence-corrected chi connectivity index (χ3v) is 23.8. The van der Waals surface area contributed by atoms with Crippen LogP contribution < -0.4 is 29.1 Å². The predicted octanol–water partition coefficient (Wildman–Crippen LogP) is 29.6. The van der Waals surface area contributed by atoms with Gasteiger partial charge in [-0.2, -0.15) is 12.1 Å². The number of rotatable bonds is 13. The van der Waals surface area contributed by atoms with Gasteiger partial charge >= 0.3 is 0 Å². The fourth-order valence-corrected chi connectivity index (χ4v) is 17.5. The summed E-state index contributed by atoms with van der Waals surface area (Å²) in [4.78, 5) is 18.8. The number of para-hydroxylation sites is 8. The molecule has 0 saturated carbocycles. The van der Waals surface area contributed by atoms with Gasteiger partial charge in [-0.25, -0.2) is 9.97 Å². The zero-order chi connectivity index (χ0) is 84.2. The Labute approximate surface area is 761 Å². The van der Waals surface area contributed by atoms with Crippen molar-refractivity contribution in [3.05, 3.63) is 394 Å². The van der Waals surface area contributed by atoms with Crippen LogP contribution in [0.2, 0.25) is 0 Å². The quantitative estimate of drug-likeness (QED) is 0.106. The van der Waals surface area contributed by atoms with Crippen molar-refractivity contribution < 1.29 is 51.6 Å². The molecular formula is C112H93N9O2Pt2-6. The molecule has 2 aliphatic rings. The van der Waals surface area contributed by atoms with Crippen molar-refractivity contribution in [1.82, 2.24) is 23.7 Å². The number of hydrogen-bond acceptors (Lipinski definition) is 8. The van der Waals surface area contributed by atoms with Gasteiger partial charge in [0.1, 0.15) is 11.6 Å². The molecular weight excluding hydrogens is 1890 g/mol. The van der Waals surface area contributed by atoms with Crippen LogP contribution in [0.4, 0.5) is 45.5 Å². The molecule has 21 rings (SSSR count). The summed E-state index contributed by atoms with van der Waals surface area (Å²) in [5.41, 5.74) is 24.7. The second-order valence-electron chi connectivity index (χ2n) is 36.1. The molecule has 0 fully saturated rings. The number of fused-ring (bicyclic) bond motifs is 11. The van der Waals surface area contributed by atoms with Gasteiger partial charge in [-0.15, -0.1) is 96.0 Å². The molecule has 19 aromatic rings. The van der Waals surface area contributed by atoms with E-state index in [-0.39, 0.29) is 63.8 Å². The van der Waals surface area contributed by atoms with E-state index in [4.69, 9.17) is 19.4 Å². The zero-order valence-electron chi connectivity index (χ0n) is 71.9. The van der Waals surface area contributed by atoms with E-state index in [1.54, 1.807) is 0 Å². The molecule has 0 aliphatic carbocycles. The first-order valence-electron chi connectivity index (χ1n) is 42.2. The molecule has 0 amide bonds. The summed E-state index contributed by atoms with van der Waals surface area (Å²) >= 11 is 0. The molecule has 624 valence electrons. The van der Waals surface area contributed by atoms with E-state index in [1.807, 2.05) is 30.6 Å². The Morgan fingerprint density at radius 3 is 1.17 bits per heavy atom. The molecule has 5 aromatic heterocycles. The van der Waals surface area contributed by atoms with Crippen LogP contribution in [0.15, 0.2) is 334 Å². The maximum Gasteiger partial charge on any atom is 0.135 e. The number of benzene rings is 14. The average molecular weight is 1990 g/mol. The van der Waals surface area contributed by atoms with Crippen molar-refractivity contribution in [2.45, 2.75) is 105 Å². The number of hydrogen-bond donors (Lipinski definition) is 0. The topological polar surface area (TPSA) is 72.0 Å². The Hall–Kier alpha value is -13.0. The second-order valence-corrected chi connectivity index (χ2v) is 36.1. The molecule has 0 saturated heterocycles. The molecule has 7 heterocycles. The minimum Gasteiger partial charge on any atom is -0.509 e. The van der Waals surface area contributed by atoms with Crippen molar-refractivity contribution in [1.29, 1.82) is 0 Å². The normalized spacial score (nSPS) is 12.9. The smallest absolute Gasteiger partial charge is 0.135 e. The van der Waals surface area contributed by atoms with Crippen molar-refractivity contribution in [3.63, 3.8) is 0 Å². The average Bonchev–Trinajstić information content (AvgIpc) is 1.60. The first kappa shape index (κ1) is 82.9. The third-order valence-electron chi connectivity index (χ3n) is 23.8. The largest absolute Gasteiger partial charge is 0.509 e. The maximum atomic E-state index is 6.95. The maximum absolute atomic E-state index is 6.95. The second kappa shape index (κ2) is 32.9. The minimum absolute atomic E-state index is 0. The first-order chi connectivity index (χ1) is 59.5. The van der Waals surface area contributed by atoms with Crippen LogP contribution in [0, 0.1) is 37.6 Å². The Kier molecular flexibility index (Phi) is 21.8. The number of pyridine rings is 2. The Morgan fingerprint density at radius 1 is 0.272 bits per heavy atom. The predicted molar refractivity (Wildman–Crippen MR) is 508 cm³/mol. The van der Waals surface area contributed by atoms with E-state index in [2.05, 4.69) is 457 Å². The van der Waals surface area contributed by atoms with Crippen LogP contribution in [0.25, 0.3) is 105 Å². The molecule has 125 heavy (non-hydrogen) atoms. The summed E-state index contributed by atoms with van der Waals surface area (Å²) < 4.78 is 20.5. The van der Waals surface area contributed by atoms with Gasteiger partial charge in [0.25, 0.3) is 0 Å². The van der Waals surface area contributed by atoms with Gasteiger partial charge in [-0.05, 0) is 157 Å². The summed E-state index contributed by atoms with van der Waals surface area (Å²) in [5.74, 6) is 4.04. The summed E-state index contributed by atoms with van der Waals surface area (Å²) in [6.45, 7) is 31.4. The monoisotopic (exact) mass is 1990 g/mol. The summed E-state index contributed by atoms with van der Waals surface area (Å²) in [6.07, 6.45) is 3.81. The van der Waals surface area contributed by atoms with Gasteiger partial charge in [0.05, 0.1) is 11.0 Å². The van der Waals surface area contributed by atoms with Gasteiger partial charge in [0.15, 0.2) is 0 Å². The van der Waals surface area contributed by atoms with Gasteiger partial charge in [-0.3, -0.25) is 0 Å². The van der Waals surface area contributed by atoms with Gasteiger partial charge in [0.2, 0.25) is 0 Å². The molecule has 14 aromatic carbocycles. The van der Waals surface area contributed by atoms with E-state index in [1.165, 1.54) is 44.2 Å². The molecule has 11 nitrogen and oxygen atoms in total. The van der Waals surface area contributed by atoms with Crippen LogP contribution in [0.5, 0.6) is 23.0 Å². The fourth-order valence-electron chi connectivity index (χ4n) is 17.5. The SMILES string of the molecule is CC(C)(C)c1cccc(N2[CH-]N(c3[c-]c(Oc4[c-]c5c(cc4)c4ccccc4n5-c4cc(C(C)(C)C)ccn4)cc(-n4c5ccccc5c5ccccc54)c3)c3ccccc32)c1.CC(C)(C)c1ccnc(-n2c3[c-]c(Oc4[c-]c(N5[CH-]N(c6cccc(C(C)(C)C)c6-c6ccccc6)c6ccccc65)cc(-c5ccccc5)c4)ccc3c3ccccc32)c1.[Pt].[Pt]. The number of ether oxygens (including phenoxy) is 2. The molecule has 0 unspecified atom stereocenters. The number of anilines is 8. The van der Waals surface area contributed by atoms with E-state index in [0.29, 0.717) is 23.0 Å². The number of aromatic nitrogens is 5. The minimum atomic E-state index is -0.0779. The Morgan fingerprint density at radius 2 is 0.672 bits per heavy atom. The van der Waals surface area contributed by atoms with Crippen LogP contribution in [-0.2, 0) is 63.8 Å². The van der Waals surface area contributed by atoms with Crippen LogP contribution in [0.3, 0.4) is 0 Å². The molecule has 0 N–H and O–H groups in total. The van der Waals surface area contributed by atoms with Crippen molar-refractivity contribution in [3.8, 4) is 62.6 Å². The van der Waals surface area contributed by atoms with Crippen molar-refractivity contribution >= 4 is 111 Å². The van der Waals surface area contributed by atoms with Crippen LogP contribution in [-0.4, -0.2) is 23.7 Å². The van der Waals surface area contributed by atoms with Crippen LogP contribution in [0.1, 0.15) is 105 Å². The van der Waals surface area contributed by atoms with Crippen molar-refractivity contribution in [2.24, 2.45) is 0 Å². The summed E-state index contributed by atoms with van der Waals surface area (Å²) in [6, 6.07) is 128. The van der Waals surface area contributed by atoms with E-state index < -0.39 is 0 Å². The Bertz CT molecular complexity index is 7250. The standard InChI is InChI=1S/C56H46N5O.C56H47N4O.2Pt/c1-55(2,3)37-16-15-17-39(30-37)58-36-59(52-25-14-13-24-51(52)58)40-32-41(60-48-21-10-7-18-44(48)45-19-8-11-22-49(45)60)34-43(33-40)62-42-26-27-47-46-20-9-12-23-50(46)61(53(47)35-42)54-31-38(28-29-57-54)56(4,5)6;1-55(2,3)41-30-31-57-53(34-41)60-48-24-14-13-22-45(48)46-29-28-43(36-52(46)60)61-44-33-40(38-18-9-7-10-19-38)32-42(35-44)58-37-59(50-26-16-15-25-49(50)58)51-27-17-23-47(56(4,5)6)54(51)39-20-11-8-12-21-39;;/h7-32,34,36H,1-6H3;7-34,37H,1-6H3;;/q2*-3;;. The zero-order valence-corrected chi connectivity index (χ0v) is 76.4. The van der Waals surface area contributed by atoms with E-state index in [0.717, 1.165) is 129 Å². The van der Waals surface area contributed by atoms with Crippen molar-refractivity contribution in [2.75, 3.05) is 19.6 Å². The third kappa shape index (κ3) is 15.6.